The maximum absolute atomic E-state index is 11.4. The van der Waals surface area contributed by atoms with E-state index in [1.165, 1.54) is 0 Å². The lowest BCUT2D eigenvalue weighted by molar-refractivity contribution is -0.151. The molecule has 0 radical (unpaired) electrons. The molecule has 1 aliphatic heterocycles. The summed E-state index contributed by atoms with van der Waals surface area (Å²) in [5.74, 6) is -0.558. The molecule has 2 N–H and O–H groups in total. The van der Waals surface area contributed by atoms with Gasteiger partial charge < -0.3 is 15.3 Å². The Morgan fingerprint density at radius 1 is 1.44 bits per heavy atom. The largest absolute Gasteiger partial charge is 0.481 e. The fraction of sp³-hybridized carbons (Fsp3) is 0.846. The third kappa shape index (κ3) is 3.22. The Hall–Kier alpha value is -1.10. The first-order valence-electron chi connectivity index (χ1n) is 6.65. The van der Waals surface area contributed by atoms with Crippen LogP contribution in [0.15, 0.2) is 0 Å². The summed E-state index contributed by atoms with van der Waals surface area (Å²) >= 11 is 0. The molecular formula is C13H24N2O3. The van der Waals surface area contributed by atoms with Gasteiger partial charge in [0.05, 0.1) is 5.41 Å². The molecule has 1 heterocycles. The summed E-state index contributed by atoms with van der Waals surface area (Å²) in [5, 5.41) is 12.2. The molecule has 1 rings (SSSR count). The minimum Gasteiger partial charge on any atom is -0.481 e. The van der Waals surface area contributed by atoms with Crippen LogP contribution in [0.1, 0.15) is 33.6 Å². The van der Waals surface area contributed by atoms with Gasteiger partial charge in [-0.3, -0.25) is 9.59 Å². The molecule has 0 saturated carbocycles. The molecule has 5 heteroatoms. The SMILES string of the molecule is CCNC(=O)CCN1CCC(C(=O)O)(C(C)C)C1. The average Bonchev–Trinajstić information content (AvgIpc) is 2.72. The van der Waals surface area contributed by atoms with Gasteiger partial charge in [0, 0.05) is 26.1 Å². The van der Waals surface area contributed by atoms with Crippen molar-refractivity contribution < 1.29 is 14.7 Å². The van der Waals surface area contributed by atoms with E-state index >= 15 is 0 Å². The van der Waals surface area contributed by atoms with Crippen LogP contribution in [0.2, 0.25) is 0 Å². The number of hydrogen-bond acceptors (Lipinski definition) is 3. The van der Waals surface area contributed by atoms with Gasteiger partial charge in [-0.1, -0.05) is 13.8 Å². The Morgan fingerprint density at radius 3 is 2.56 bits per heavy atom. The van der Waals surface area contributed by atoms with E-state index in [4.69, 9.17) is 0 Å². The van der Waals surface area contributed by atoms with E-state index in [-0.39, 0.29) is 11.8 Å². The number of amides is 1. The number of hydrogen-bond donors (Lipinski definition) is 2. The number of carbonyl (C=O) groups excluding carboxylic acids is 1. The Kier molecular flexibility index (Phi) is 5.14. The van der Waals surface area contributed by atoms with Gasteiger partial charge in [0.25, 0.3) is 0 Å². The summed E-state index contributed by atoms with van der Waals surface area (Å²) in [5.41, 5.74) is -0.638. The van der Waals surface area contributed by atoms with Crippen molar-refractivity contribution in [3.63, 3.8) is 0 Å². The highest BCUT2D eigenvalue weighted by molar-refractivity contribution is 5.76. The molecule has 104 valence electrons. The van der Waals surface area contributed by atoms with Gasteiger partial charge in [-0.15, -0.1) is 0 Å². The standard InChI is InChI=1S/C13H24N2O3/c1-4-14-11(16)5-7-15-8-6-13(9-15,10(2)3)12(17)18/h10H,4-9H2,1-3H3,(H,14,16)(H,17,18). The van der Waals surface area contributed by atoms with Crippen LogP contribution in [0.4, 0.5) is 0 Å². The zero-order chi connectivity index (χ0) is 13.8. The van der Waals surface area contributed by atoms with Crippen molar-refractivity contribution in [1.29, 1.82) is 0 Å². The molecular weight excluding hydrogens is 232 g/mol. The van der Waals surface area contributed by atoms with Crippen LogP contribution in [0.3, 0.4) is 0 Å². The van der Waals surface area contributed by atoms with Gasteiger partial charge in [-0.2, -0.15) is 0 Å². The Morgan fingerprint density at radius 2 is 2.11 bits per heavy atom. The van der Waals surface area contributed by atoms with Crippen molar-refractivity contribution in [3.8, 4) is 0 Å². The summed E-state index contributed by atoms with van der Waals surface area (Å²) in [6.45, 7) is 8.42. The monoisotopic (exact) mass is 256 g/mol. The molecule has 1 amide bonds. The summed E-state index contributed by atoms with van der Waals surface area (Å²) < 4.78 is 0. The number of rotatable bonds is 6. The second-order valence-electron chi connectivity index (χ2n) is 5.35. The van der Waals surface area contributed by atoms with Gasteiger partial charge in [0.2, 0.25) is 5.91 Å². The normalized spacial score (nSPS) is 24.4. The highest BCUT2D eigenvalue weighted by Crippen LogP contribution is 2.38. The molecule has 1 saturated heterocycles. The van der Waals surface area contributed by atoms with Gasteiger partial charge in [0.15, 0.2) is 0 Å². The van der Waals surface area contributed by atoms with Crippen LogP contribution in [0.5, 0.6) is 0 Å². The van der Waals surface area contributed by atoms with Gasteiger partial charge in [0.1, 0.15) is 0 Å². The van der Waals surface area contributed by atoms with Crippen LogP contribution < -0.4 is 5.32 Å². The van der Waals surface area contributed by atoms with Crippen molar-refractivity contribution in [3.05, 3.63) is 0 Å². The molecule has 0 bridgehead atoms. The quantitative estimate of drug-likeness (QED) is 0.742. The Balaban J connectivity index is 2.49. The summed E-state index contributed by atoms with van der Waals surface area (Å²) in [4.78, 5) is 24.9. The van der Waals surface area contributed by atoms with E-state index in [9.17, 15) is 14.7 Å². The molecule has 1 fully saturated rings. The second kappa shape index (κ2) is 6.18. The fourth-order valence-corrected chi connectivity index (χ4v) is 2.54. The maximum Gasteiger partial charge on any atom is 0.311 e. The molecule has 0 aromatic carbocycles. The predicted molar refractivity (Wildman–Crippen MR) is 69.3 cm³/mol. The fourth-order valence-electron chi connectivity index (χ4n) is 2.54. The Bertz CT molecular complexity index is 317. The first-order chi connectivity index (χ1) is 8.42. The zero-order valence-corrected chi connectivity index (χ0v) is 11.5. The van der Waals surface area contributed by atoms with E-state index in [1.807, 2.05) is 20.8 Å². The summed E-state index contributed by atoms with van der Waals surface area (Å²) in [6.07, 6.45) is 1.12. The van der Waals surface area contributed by atoms with E-state index < -0.39 is 11.4 Å². The summed E-state index contributed by atoms with van der Waals surface area (Å²) in [6, 6.07) is 0. The van der Waals surface area contributed by atoms with Crippen LogP contribution in [0, 0.1) is 11.3 Å². The first-order valence-corrected chi connectivity index (χ1v) is 6.65. The number of aliphatic carboxylic acids is 1. The molecule has 0 aliphatic carbocycles. The smallest absolute Gasteiger partial charge is 0.311 e. The van der Waals surface area contributed by atoms with Crippen molar-refractivity contribution in [1.82, 2.24) is 10.2 Å². The van der Waals surface area contributed by atoms with Crippen LogP contribution in [-0.2, 0) is 9.59 Å². The number of carboxylic acid groups (broad SMARTS) is 1. The minimum atomic E-state index is -0.710. The molecule has 0 spiro atoms. The molecule has 1 aliphatic rings. The lowest BCUT2D eigenvalue weighted by Crippen LogP contribution is -2.39. The highest BCUT2D eigenvalue weighted by Gasteiger charge is 2.46. The topological polar surface area (TPSA) is 69.6 Å². The first kappa shape index (κ1) is 15.0. The second-order valence-corrected chi connectivity index (χ2v) is 5.35. The summed E-state index contributed by atoms with van der Waals surface area (Å²) in [7, 11) is 0. The number of likely N-dealkylation sites (tertiary alicyclic amines) is 1. The van der Waals surface area contributed by atoms with Gasteiger partial charge in [-0.05, 0) is 25.8 Å². The molecule has 18 heavy (non-hydrogen) atoms. The molecule has 1 unspecified atom stereocenters. The van der Waals surface area contributed by atoms with E-state index in [2.05, 4.69) is 10.2 Å². The zero-order valence-electron chi connectivity index (χ0n) is 11.5. The Labute approximate surface area is 109 Å². The number of carboxylic acids is 1. The third-order valence-electron chi connectivity index (χ3n) is 3.94. The van der Waals surface area contributed by atoms with E-state index in [0.29, 0.717) is 32.5 Å². The van der Waals surface area contributed by atoms with Gasteiger partial charge >= 0.3 is 5.97 Å². The number of nitrogens with zero attached hydrogens (tertiary/aromatic N) is 1. The predicted octanol–water partition coefficient (Wildman–Crippen LogP) is 0.945. The van der Waals surface area contributed by atoms with E-state index in [1.54, 1.807) is 0 Å². The molecule has 5 nitrogen and oxygen atoms in total. The van der Waals surface area contributed by atoms with Crippen LogP contribution in [0.25, 0.3) is 0 Å². The molecule has 1 atom stereocenters. The van der Waals surface area contributed by atoms with Crippen molar-refractivity contribution in [2.24, 2.45) is 11.3 Å². The lowest BCUT2D eigenvalue weighted by atomic mass is 9.76. The van der Waals surface area contributed by atoms with Gasteiger partial charge in [-0.25, -0.2) is 0 Å². The number of nitrogens with one attached hydrogen (secondary N) is 1. The van der Waals surface area contributed by atoms with Crippen molar-refractivity contribution in [2.75, 3.05) is 26.2 Å². The molecule has 0 aromatic heterocycles. The van der Waals surface area contributed by atoms with Crippen molar-refractivity contribution in [2.45, 2.75) is 33.6 Å². The minimum absolute atomic E-state index is 0.0369. The average molecular weight is 256 g/mol. The van der Waals surface area contributed by atoms with Crippen LogP contribution >= 0.6 is 0 Å². The highest BCUT2D eigenvalue weighted by atomic mass is 16.4. The molecule has 0 aromatic rings. The van der Waals surface area contributed by atoms with Crippen LogP contribution in [-0.4, -0.2) is 48.1 Å². The van der Waals surface area contributed by atoms with Crippen molar-refractivity contribution >= 4 is 11.9 Å². The maximum atomic E-state index is 11.4. The van der Waals surface area contributed by atoms with E-state index in [0.717, 1.165) is 6.54 Å². The lowest BCUT2D eigenvalue weighted by Gasteiger charge is -2.28. The third-order valence-corrected chi connectivity index (χ3v) is 3.94. The number of carbonyl (C=O) groups is 2.